The minimum atomic E-state index is -0.491. The Morgan fingerprint density at radius 2 is 1.76 bits per heavy atom. The molecular weight excluding hydrogens is 452 g/mol. The molecule has 2 amide bonds. The largest absolute Gasteiger partial charge is 0.464 e. The smallest absolute Gasteiger partial charge is 0.293 e. The Morgan fingerprint density at radius 3 is 2.59 bits per heavy atom. The van der Waals surface area contributed by atoms with Crippen LogP contribution in [0.25, 0.3) is 21.9 Å². The second-order valence-electron chi connectivity index (χ2n) is 7.94. The van der Waals surface area contributed by atoms with Crippen molar-refractivity contribution in [2.75, 3.05) is 10.6 Å². The average Bonchev–Trinajstić information content (AvgIpc) is 3.40. The molecule has 170 valence electrons. The first kappa shape index (κ1) is 21.8. The molecule has 0 bridgehead atoms. The van der Waals surface area contributed by atoms with Crippen LogP contribution in [0, 0.1) is 0 Å². The molecule has 0 unspecified atom stereocenters. The van der Waals surface area contributed by atoms with Crippen molar-refractivity contribution in [2.45, 2.75) is 19.8 Å². The summed E-state index contributed by atoms with van der Waals surface area (Å²) in [6.07, 6.45) is 2.58. The van der Waals surface area contributed by atoms with Gasteiger partial charge in [0.1, 0.15) is 16.9 Å². The van der Waals surface area contributed by atoms with E-state index in [4.69, 9.17) is 20.4 Å². The van der Waals surface area contributed by atoms with Crippen molar-refractivity contribution in [3.63, 3.8) is 0 Å². The highest BCUT2D eigenvalue weighted by atomic mass is 35.5. The summed E-state index contributed by atoms with van der Waals surface area (Å²) in [6, 6.07) is 19.9. The number of para-hydroxylation sites is 1. The molecular formula is C27H21ClN2O4. The van der Waals surface area contributed by atoms with Gasteiger partial charge in [-0.25, -0.2) is 0 Å². The van der Waals surface area contributed by atoms with Gasteiger partial charge in [0.2, 0.25) is 11.7 Å². The molecule has 6 nitrogen and oxygen atoms in total. The number of amides is 2. The number of rotatable bonds is 6. The van der Waals surface area contributed by atoms with E-state index in [2.05, 4.69) is 17.6 Å². The Hall–Kier alpha value is -4.03. The molecule has 0 aliphatic heterocycles. The molecule has 2 aromatic heterocycles. The van der Waals surface area contributed by atoms with Crippen molar-refractivity contribution in [3.05, 3.63) is 94.9 Å². The first-order valence-corrected chi connectivity index (χ1v) is 11.3. The topological polar surface area (TPSA) is 84.5 Å². The first-order valence-electron chi connectivity index (χ1n) is 10.9. The van der Waals surface area contributed by atoms with Gasteiger partial charge in [0.15, 0.2) is 0 Å². The van der Waals surface area contributed by atoms with Crippen LogP contribution >= 0.6 is 11.6 Å². The van der Waals surface area contributed by atoms with E-state index in [0.717, 1.165) is 28.5 Å². The molecule has 2 N–H and O–H groups in total. The predicted octanol–water partition coefficient (Wildman–Crippen LogP) is 6.83. The molecule has 0 saturated carbocycles. The van der Waals surface area contributed by atoms with Crippen molar-refractivity contribution in [1.82, 2.24) is 0 Å². The number of hydrogen-bond acceptors (Lipinski definition) is 4. The van der Waals surface area contributed by atoms with Crippen LogP contribution in [0.2, 0.25) is 5.02 Å². The molecule has 0 saturated heterocycles. The molecule has 5 aromatic rings. The standard InChI is InChI=1S/C27H21ClN2O4/c1-2-16-10-11-22-21(12-16)17(15-33-22)13-24(31)30-25-20-8-3-4-9-23(20)34-26(25)27(32)29-19-7-5-6-18(28)14-19/h3-12,14-15H,2,13H2,1H3,(H,29,32)(H,30,31). The van der Waals surface area contributed by atoms with Crippen LogP contribution in [0.3, 0.4) is 0 Å². The van der Waals surface area contributed by atoms with Crippen molar-refractivity contribution in [1.29, 1.82) is 0 Å². The van der Waals surface area contributed by atoms with E-state index < -0.39 is 5.91 Å². The SMILES string of the molecule is CCc1ccc2occ(CC(=O)Nc3c(C(=O)Nc4cccc(Cl)c4)oc4ccccc34)c2c1. The molecule has 0 fully saturated rings. The third kappa shape index (κ3) is 4.28. The number of nitrogens with one attached hydrogen (secondary N) is 2. The number of aryl methyl sites for hydroxylation is 1. The Morgan fingerprint density at radius 1 is 0.912 bits per heavy atom. The molecule has 0 radical (unpaired) electrons. The van der Waals surface area contributed by atoms with Gasteiger partial charge in [0, 0.05) is 27.0 Å². The van der Waals surface area contributed by atoms with E-state index in [9.17, 15) is 9.59 Å². The summed E-state index contributed by atoms with van der Waals surface area (Å²) in [4.78, 5) is 26.1. The number of benzene rings is 3. The fraction of sp³-hybridized carbons (Fsp3) is 0.111. The van der Waals surface area contributed by atoms with Crippen molar-refractivity contribution < 1.29 is 18.4 Å². The normalized spacial score (nSPS) is 11.1. The maximum absolute atomic E-state index is 13.1. The summed E-state index contributed by atoms with van der Waals surface area (Å²) >= 11 is 6.03. The minimum absolute atomic E-state index is 0.0137. The van der Waals surface area contributed by atoms with E-state index in [1.54, 1.807) is 48.7 Å². The third-order valence-corrected chi connectivity index (χ3v) is 5.86. The van der Waals surface area contributed by atoms with Gasteiger partial charge in [-0.05, 0) is 54.4 Å². The zero-order valence-corrected chi connectivity index (χ0v) is 19.1. The van der Waals surface area contributed by atoms with Crippen molar-refractivity contribution in [2.24, 2.45) is 0 Å². The van der Waals surface area contributed by atoms with Crippen molar-refractivity contribution >= 4 is 56.7 Å². The Kier molecular flexibility index (Phi) is 5.82. The van der Waals surface area contributed by atoms with E-state index in [-0.39, 0.29) is 18.1 Å². The molecule has 5 rings (SSSR count). The average molecular weight is 473 g/mol. The highest BCUT2D eigenvalue weighted by Crippen LogP contribution is 2.32. The minimum Gasteiger partial charge on any atom is -0.464 e. The lowest BCUT2D eigenvalue weighted by Crippen LogP contribution is -2.18. The van der Waals surface area contributed by atoms with Gasteiger partial charge in [0.25, 0.3) is 5.91 Å². The third-order valence-electron chi connectivity index (χ3n) is 5.63. The van der Waals surface area contributed by atoms with E-state index in [0.29, 0.717) is 27.4 Å². The summed E-state index contributed by atoms with van der Waals surface area (Å²) in [5.74, 6) is -0.761. The molecule has 0 aliphatic rings. The van der Waals surface area contributed by atoms with Crippen LogP contribution < -0.4 is 10.6 Å². The Balaban J connectivity index is 1.44. The fourth-order valence-corrected chi connectivity index (χ4v) is 4.12. The molecule has 0 spiro atoms. The Labute approximate surface area is 200 Å². The first-order chi connectivity index (χ1) is 16.5. The van der Waals surface area contributed by atoms with E-state index >= 15 is 0 Å². The summed E-state index contributed by atoms with van der Waals surface area (Å²) in [7, 11) is 0. The lowest BCUT2D eigenvalue weighted by molar-refractivity contribution is -0.115. The summed E-state index contributed by atoms with van der Waals surface area (Å²) in [6.45, 7) is 2.08. The number of hydrogen-bond donors (Lipinski definition) is 2. The van der Waals surface area contributed by atoms with E-state index in [1.165, 1.54) is 0 Å². The predicted molar refractivity (Wildman–Crippen MR) is 134 cm³/mol. The number of carbonyl (C=O) groups is 2. The number of fused-ring (bicyclic) bond motifs is 2. The van der Waals surface area contributed by atoms with Gasteiger partial charge >= 0.3 is 0 Å². The quantitative estimate of drug-likeness (QED) is 0.283. The lowest BCUT2D eigenvalue weighted by Gasteiger charge is -2.07. The zero-order chi connectivity index (χ0) is 23.7. The van der Waals surface area contributed by atoms with Crippen LogP contribution in [0.1, 0.15) is 28.6 Å². The second-order valence-corrected chi connectivity index (χ2v) is 8.37. The van der Waals surface area contributed by atoms with Gasteiger partial charge in [-0.15, -0.1) is 0 Å². The van der Waals surface area contributed by atoms with Gasteiger partial charge in [0.05, 0.1) is 12.7 Å². The van der Waals surface area contributed by atoms with Crippen LogP contribution in [-0.4, -0.2) is 11.8 Å². The molecule has 0 aliphatic carbocycles. The number of anilines is 2. The highest BCUT2D eigenvalue weighted by molar-refractivity contribution is 6.31. The monoisotopic (exact) mass is 472 g/mol. The molecule has 3 aromatic carbocycles. The van der Waals surface area contributed by atoms with E-state index in [1.807, 2.05) is 24.3 Å². The second kappa shape index (κ2) is 9.08. The molecule has 0 atom stereocenters. The summed E-state index contributed by atoms with van der Waals surface area (Å²) in [5, 5.41) is 7.69. The fourth-order valence-electron chi connectivity index (χ4n) is 3.93. The summed E-state index contributed by atoms with van der Waals surface area (Å²) in [5.41, 5.74) is 4.01. The lowest BCUT2D eigenvalue weighted by atomic mass is 10.1. The van der Waals surface area contributed by atoms with Crippen molar-refractivity contribution in [3.8, 4) is 0 Å². The van der Waals surface area contributed by atoms with Gasteiger partial charge in [-0.1, -0.05) is 42.8 Å². The highest BCUT2D eigenvalue weighted by Gasteiger charge is 2.23. The molecule has 2 heterocycles. The number of carbonyl (C=O) groups excluding carboxylic acids is 2. The number of halogens is 1. The maximum Gasteiger partial charge on any atom is 0.293 e. The van der Waals surface area contributed by atoms with Crippen LogP contribution in [0.5, 0.6) is 0 Å². The van der Waals surface area contributed by atoms with Gasteiger partial charge in [-0.3, -0.25) is 9.59 Å². The zero-order valence-electron chi connectivity index (χ0n) is 18.4. The summed E-state index contributed by atoms with van der Waals surface area (Å²) < 4.78 is 11.4. The van der Waals surface area contributed by atoms with Crippen LogP contribution in [0.4, 0.5) is 11.4 Å². The molecule has 7 heteroatoms. The molecule has 34 heavy (non-hydrogen) atoms. The Bertz CT molecular complexity index is 1530. The number of furan rings is 2. The maximum atomic E-state index is 13.1. The van der Waals surface area contributed by atoms with Gasteiger partial charge < -0.3 is 19.5 Å². The van der Waals surface area contributed by atoms with Crippen LogP contribution in [0.15, 0.2) is 81.8 Å². The van der Waals surface area contributed by atoms with Gasteiger partial charge in [-0.2, -0.15) is 0 Å². The van der Waals surface area contributed by atoms with Crippen LogP contribution in [-0.2, 0) is 17.6 Å².